The predicted octanol–water partition coefficient (Wildman–Crippen LogP) is 0.931. The van der Waals surface area contributed by atoms with Crippen molar-refractivity contribution >= 4 is 5.91 Å². The van der Waals surface area contributed by atoms with Gasteiger partial charge in [0.25, 0.3) is 5.91 Å². The zero-order chi connectivity index (χ0) is 17.2. The van der Waals surface area contributed by atoms with Gasteiger partial charge in [-0.2, -0.15) is 5.10 Å². The summed E-state index contributed by atoms with van der Waals surface area (Å²) in [5, 5.41) is 4.24. The van der Waals surface area contributed by atoms with Gasteiger partial charge in [0.1, 0.15) is 0 Å². The molecule has 7 heteroatoms. The van der Waals surface area contributed by atoms with E-state index >= 15 is 0 Å². The molecule has 25 heavy (non-hydrogen) atoms. The Balaban J connectivity index is 1.48. The van der Waals surface area contributed by atoms with E-state index in [0.29, 0.717) is 18.7 Å². The molecule has 0 unspecified atom stereocenters. The molecule has 4 heterocycles. The number of piperidine rings is 1. The third-order valence-corrected chi connectivity index (χ3v) is 5.00. The molecule has 7 nitrogen and oxygen atoms in total. The summed E-state index contributed by atoms with van der Waals surface area (Å²) in [5.74, 6) is 0.0506. The number of carbonyl (C=O) groups is 1. The molecule has 0 saturated carbocycles. The maximum atomic E-state index is 12.9. The molecule has 0 N–H and O–H groups in total. The molecule has 0 spiro atoms. The van der Waals surface area contributed by atoms with E-state index in [1.165, 1.54) is 5.56 Å². The van der Waals surface area contributed by atoms with E-state index in [4.69, 9.17) is 4.74 Å². The number of fused-ring (bicyclic) bond motifs is 1. The van der Waals surface area contributed by atoms with Crippen LogP contribution in [0.4, 0.5) is 0 Å². The summed E-state index contributed by atoms with van der Waals surface area (Å²) >= 11 is 0. The molecule has 132 valence electrons. The third kappa shape index (κ3) is 3.43. The van der Waals surface area contributed by atoms with E-state index in [1.807, 2.05) is 35.1 Å². The molecule has 0 radical (unpaired) electrons. The van der Waals surface area contributed by atoms with E-state index in [-0.39, 0.29) is 18.1 Å². The van der Waals surface area contributed by atoms with Gasteiger partial charge in [-0.15, -0.1) is 0 Å². The van der Waals surface area contributed by atoms with Crippen LogP contribution in [-0.2, 0) is 18.3 Å². The van der Waals surface area contributed by atoms with Crippen molar-refractivity contribution in [2.45, 2.75) is 25.1 Å². The van der Waals surface area contributed by atoms with Gasteiger partial charge in [-0.05, 0) is 18.6 Å². The standard InChI is InChI=1S/C18H23N5O2/c1-21-11-14(9-20-21)12-22-6-4-17-16(13-22)23(7-8-25-17)18(24)15-3-2-5-19-10-15/h2-3,5,9-11,16-17H,4,6-8,12-13H2,1H3/t16-,17-/m0/s1. The van der Waals surface area contributed by atoms with Crippen molar-refractivity contribution < 1.29 is 9.53 Å². The van der Waals surface area contributed by atoms with Crippen LogP contribution in [0.25, 0.3) is 0 Å². The molecule has 0 aliphatic carbocycles. The average Bonchev–Trinajstić information content (AvgIpc) is 3.06. The Kier molecular flexibility index (Phi) is 4.50. The molecule has 4 rings (SSSR count). The topological polar surface area (TPSA) is 63.5 Å². The number of carbonyl (C=O) groups excluding carboxylic acids is 1. The summed E-state index contributed by atoms with van der Waals surface area (Å²) in [6.07, 6.45) is 8.35. The van der Waals surface area contributed by atoms with Crippen LogP contribution in [0.2, 0.25) is 0 Å². The van der Waals surface area contributed by atoms with E-state index in [0.717, 1.165) is 26.1 Å². The van der Waals surface area contributed by atoms with E-state index in [2.05, 4.69) is 15.0 Å². The number of aryl methyl sites for hydroxylation is 1. The number of pyridine rings is 1. The molecule has 2 saturated heterocycles. The maximum absolute atomic E-state index is 12.9. The third-order valence-electron chi connectivity index (χ3n) is 5.00. The second kappa shape index (κ2) is 6.93. The van der Waals surface area contributed by atoms with Crippen molar-refractivity contribution in [2.75, 3.05) is 26.2 Å². The first kappa shape index (κ1) is 16.2. The summed E-state index contributed by atoms with van der Waals surface area (Å²) in [6.45, 7) is 3.90. The van der Waals surface area contributed by atoms with Crippen LogP contribution in [0.15, 0.2) is 36.9 Å². The van der Waals surface area contributed by atoms with E-state index < -0.39 is 0 Å². The molecule has 0 bridgehead atoms. The Hall–Kier alpha value is -2.25. The lowest BCUT2D eigenvalue weighted by molar-refractivity contribution is -0.0914. The highest BCUT2D eigenvalue weighted by Gasteiger charge is 2.39. The molecule has 2 aromatic rings. The quantitative estimate of drug-likeness (QED) is 0.831. The Morgan fingerprint density at radius 1 is 1.36 bits per heavy atom. The van der Waals surface area contributed by atoms with Gasteiger partial charge >= 0.3 is 0 Å². The van der Waals surface area contributed by atoms with E-state index in [1.54, 1.807) is 18.5 Å². The van der Waals surface area contributed by atoms with Gasteiger partial charge in [0.2, 0.25) is 0 Å². The van der Waals surface area contributed by atoms with Crippen molar-refractivity contribution in [2.24, 2.45) is 7.05 Å². The highest BCUT2D eigenvalue weighted by atomic mass is 16.5. The Labute approximate surface area is 147 Å². The number of likely N-dealkylation sites (tertiary alicyclic amines) is 1. The molecule has 2 fully saturated rings. The monoisotopic (exact) mass is 341 g/mol. The second-order valence-corrected chi connectivity index (χ2v) is 6.76. The van der Waals surface area contributed by atoms with Crippen molar-refractivity contribution in [1.29, 1.82) is 0 Å². The number of aromatic nitrogens is 3. The number of rotatable bonds is 3. The summed E-state index contributed by atoms with van der Waals surface area (Å²) in [6, 6.07) is 3.73. The maximum Gasteiger partial charge on any atom is 0.255 e. The minimum Gasteiger partial charge on any atom is -0.374 e. The molecule has 2 aliphatic rings. The first-order chi connectivity index (χ1) is 12.2. The van der Waals surface area contributed by atoms with Gasteiger partial charge < -0.3 is 9.64 Å². The lowest BCUT2D eigenvalue weighted by Crippen LogP contribution is -2.61. The number of amides is 1. The van der Waals surface area contributed by atoms with Crippen LogP contribution in [0.1, 0.15) is 22.3 Å². The van der Waals surface area contributed by atoms with Crippen LogP contribution in [0.5, 0.6) is 0 Å². The van der Waals surface area contributed by atoms with Crippen LogP contribution in [0.3, 0.4) is 0 Å². The van der Waals surface area contributed by atoms with Gasteiger partial charge in [-0.25, -0.2) is 0 Å². The molecular formula is C18H23N5O2. The van der Waals surface area contributed by atoms with Crippen molar-refractivity contribution in [1.82, 2.24) is 24.6 Å². The van der Waals surface area contributed by atoms with Gasteiger partial charge in [-0.1, -0.05) is 0 Å². The van der Waals surface area contributed by atoms with Gasteiger partial charge in [0.05, 0.1) is 30.5 Å². The Bertz CT molecular complexity index is 732. The van der Waals surface area contributed by atoms with Crippen LogP contribution < -0.4 is 0 Å². The van der Waals surface area contributed by atoms with Gasteiger partial charge in [0, 0.05) is 57.4 Å². The fourth-order valence-corrected chi connectivity index (χ4v) is 3.80. The smallest absolute Gasteiger partial charge is 0.255 e. The molecule has 2 aromatic heterocycles. The fourth-order valence-electron chi connectivity index (χ4n) is 3.80. The van der Waals surface area contributed by atoms with Gasteiger partial charge in [0.15, 0.2) is 0 Å². The Morgan fingerprint density at radius 3 is 3.04 bits per heavy atom. The lowest BCUT2D eigenvalue weighted by atomic mass is 9.97. The normalized spacial score (nSPS) is 24.1. The molecule has 2 atom stereocenters. The van der Waals surface area contributed by atoms with Crippen LogP contribution >= 0.6 is 0 Å². The molecule has 2 aliphatic heterocycles. The first-order valence-corrected chi connectivity index (χ1v) is 8.73. The largest absolute Gasteiger partial charge is 0.374 e. The zero-order valence-electron chi connectivity index (χ0n) is 14.4. The minimum atomic E-state index is 0.0506. The highest BCUT2D eigenvalue weighted by molar-refractivity contribution is 5.94. The summed E-state index contributed by atoms with van der Waals surface area (Å²) in [4.78, 5) is 21.4. The number of hydrogen-bond acceptors (Lipinski definition) is 5. The van der Waals surface area contributed by atoms with Crippen molar-refractivity contribution in [3.63, 3.8) is 0 Å². The highest BCUT2D eigenvalue weighted by Crippen LogP contribution is 2.25. The number of morpholine rings is 1. The van der Waals surface area contributed by atoms with Crippen molar-refractivity contribution in [3.05, 3.63) is 48.0 Å². The average molecular weight is 341 g/mol. The Morgan fingerprint density at radius 2 is 2.28 bits per heavy atom. The lowest BCUT2D eigenvalue weighted by Gasteiger charge is -2.47. The molecule has 0 aromatic carbocycles. The van der Waals surface area contributed by atoms with E-state index in [9.17, 15) is 4.79 Å². The van der Waals surface area contributed by atoms with Gasteiger partial charge in [-0.3, -0.25) is 19.4 Å². The van der Waals surface area contributed by atoms with Crippen LogP contribution in [-0.4, -0.2) is 68.9 Å². The predicted molar refractivity (Wildman–Crippen MR) is 91.9 cm³/mol. The minimum absolute atomic E-state index is 0.0506. The summed E-state index contributed by atoms with van der Waals surface area (Å²) in [5.41, 5.74) is 1.84. The number of hydrogen-bond donors (Lipinski definition) is 0. The molecular weight excluding hydrogens is 318 g/mol. The van der Waals surface area contributed by atoms with Crippen molar-refractivity contribution in [3.8, 4) is 0 Å². The van der Waals surface area contributed by atoms with Crippen LogP contribution in [0, 0.1) is 0 Å². The SMILES string of the molecule is Cn1cc(CN2CC[C@@H]3OCCN(C(=O)c4cccnc4)[C@H]3C2)cn1. The number of ether oxygens (including phenoxy) is 1. The second-order valence-electron chi connectivity index (χ2n) is 6.76. The first-order valence-electron chi connectivity index (χ1n) is 8.73. The molecule has 1 amide bonds. The fraction of sp³-hybridized carbons (Fsp3) is 0.500. The number of nitrogens with zero attached hydrogens (tertiary/aromatic N) is 5. The zero-order valence-corrected chi connectivity index (χ0v) is 14.4. The summed E-state index contributed by atoms with van der Waals surface area (Å²) < 4.78 is 7.77. The summed E-state index contributed by atoms with van der Waals surface area (Å²) in [7, 11) is 1.93.